The lowest BCUT2D eigenvalue weighted by Crippen LogP contribution is -2.19. The van der Waals surface area contributed by atoms with Crippen LogP contribution in [0.15, 0.2) is 41.5 Å². The predicted molar refractivity (Wildman–Crippen MR) is 71.8 cm³/mol. The van der Waals surface area contributed by atoms with Crippen LogP contribution >= 0.6 is 22.6 Å². The number of nitrogens with zero attached hydrogens (tertiary/aromatic N) is 3. The Kier molecular flexibility index (Phi) is 2.43. The van der Waals surface area contributed by atoms with E-state index in [1.807, 2.05) is 52.9 Å². The number of hydrogen-bond donors (Lipinski definition) is 1. The molecule has 1 N–H and O–H groups in total. The molecule has 0 amide bonds. The number of H-pyrrole nitrogens is 1. The van der Waals surface area contributed by atoms with E-state index in [0.717, 1.165) is 5.56 Å². The zero-order valence-electron chi connectivity index (χ0n) is 8.59. The lowest BCUT2D eigenvalue weighted by Gasteiger charge is -2.03. The van der Waals surface area contributed by atoms with E-state index >= 15 is 0 Å². The first kappa shape index (κ1) is 10.5. The molecule has 6 heteroatoms. The molecule has 0 aliphatic rings. The van der Waals surface area contributed by atoms with E-state index in [4.69, 9.17) is 0 Å². The second kappa shape index (κ2) is 3.95. The minimum atomic E-state index is -0.132. The molecule has 0 aliphatic heterocycles. The van der Waals surface area contributed by atoms with Crippen LogP contribution in [-0.2, 0) is 0 Å². The maximum Gasteiger partial charge on any atom is 0.288 e. The molecule has 84 valence electrons. The molecule has 3 rings (SSSR count). The minimum Gasteiger partial charge on any atom is -0.278 e. The summed E-state index contributed by atoms with van der Waals surface area (Å²) in [5, 5.41) is 2.73. The predicted octanol–water partition coefficient (Wildman–Crippen LogP) is 1.69. The molecule has 2 aromatic heterocycles. The highest BCUT2D eigenvalue weighted by molar-refractivity contribution is 14.1. The summed E-state index contributed by atoms with van der Waals surface area (Å²) in [5.41, 5.74) is 1.45. The Labute approximate surface area is 110 Å². The molecule has 0 spiro atoms. The lowest BCUT2D eigenvalue weighted by molar-refractivity contribution is 0.892. The summed E-state index contributed by atoms with van der Waals surface area (Å²) >= 11 is 2.01. The van der Waals surface area contributed by atoms with Gasteiger partial charge < -0.3 is 0 Å². The van der Waals surface area contributed by atoms with Gasteiger partial charge in [-0.3, -0.25) is 9.89 Å². The van der Waals surface area contributed by atoms with Gasteiger partial charge in [0.2, 0.25) is 0 Å². The number of benzene rings is 1. The Bertz CT molecular complexity index is 732. The fraction of sp³-hybridized carbons (Fsp3) is 0. The summed E-state index contributed by atoms with van der Waals surface area (Å²) in [6.45, 7) is 0. The smallest absolute Gasteiger partial charge is 0.278 e. The van der Waals surface area contributed by atoms with Crippen molar-refractivity contribution >= 4 is 28.4 Å². The highest BCUT2D eigenvalue weighted by Gasteiger charge is 2.12. The Balaban J connectivity index is 2.38. The SMILES string of the molecule is O=c1c(I)c(-c2ccccc2)nc2nc[nH]n12. The summed E-state index contributed by atoms with van der Waals surface area (Å²) < 4.78 is 1.91. The fourth-order valence-electron chi connectivity index (χ4n) is 1.62. The van der Waals surface area contributed by atoms with Crippen molar-refractivity contribution in [1.82, 2.24) is 19.6 Å². The molecule has 5 nitrogen and oxygen atoms in total. The topological polar surface area (TPSA) is 63.0 Å². The van der Waals surface area contributed by atoms with E-state index in [0.29, 0.717) is 15.0 Å². The lowest BCUT2D eigenvalue weighted by atomic mass is 10.1. The normalized spacial score (nSPS) is 10.9. The highest BCUT2D eigenvalue weighted by Crippen LogP contribution is 2.20. The van der Waals surface area contributed by atoms with E-state index in [1.165, 1.54) is 10.8 Å². The number of fused-ring (bicyclic) bond motifs is 1. The summed E-state index contributed by atoms with van der Waals surface area (Å²) in [7, 11) is 0. The van der Waals surface area contributed by atoms with Crippen molar-refractivity contribution in [2.24, 2.45) is 0 Å². The van der Waals surface area contributed by atoms with Gasteiger partial charge >= 0.3 is 0 Å². The number of aromatic nitrogens is 4. The van der Waals surface area contributed by atoms with Crippen molar-refractivity contribution in [2.75, 3.05) is 0 Å². The molecule has 0 unspecified atom stereocenters. The van der Waals surface area contributed by atoms with Gasteiger partial charge in [0.25, 0.3) is 11.3 Å². The molecule has 0 radical (unpaired) electrons. The Morgan fingerprint density at radius 3 is 2.76 bits per heavy atom. The standard InChI is InChI=1S/C11H7IN4O/c12-8-9(7-4-2-1-3-5-7)15-11-13-6-14-16(11)10(8)17/h1-6H,(H,13,14,15). The Hall–Kier alpha value is -1.70. The van der Waals surface area contributed by atoms with Crippen LogP contribution in [0.25, 0.3) is 17.0 Å². The first-order chi connectivity index (χ1) is 8.27. The molecular formula is C11H7IN4O. The maximum absolute atomic E-state index is 12.0. The van der Waals surface area contributed by atoms with E-state index in [2.05, 4.69) is 15.1 Å². The Morgan fingerprint density at radius 2 is 2.00 bits per heavy atom. The van der Waals surface area contributed by atoms with Gasteiger partial charge in [-0.05, 0) is 22.6 Å². The highest BCUT2D eigenvalue weighted by atomic mass is 127. The molecule has 0 aliphatic carbocycles. The third-order valence-electron chi connectivity index (χ3n) is 2.42. The third-order valence-corrected chi connectivity index (χ3v) is 3.40. The second-order valence-electron chi connectivity index (χ2n) is 3.47. The number of nitrogens with one attached hydrogen (secondary N) is 1. The van der Waals surface area contributed by atoms with Crippen molar-refractivity contribution in [1.29, 1.82) is 0 Å². The molecule has 2 heterocycles. The molecular weight excluding hydrogens is 331 g/mol. The van der Waals surface area contributed by atoms with E-state index < -0.39 is 0 Å². The molecule has 0 saturated carbocycles. The average molecular weight is 338 g/mol. The van der Waals surface area contributed by atoms with Crippen LogP contribution < -0.4 is 5.56 Å². The van der Waals surface area contributed by atoms with Crippen molar-refractivity contribution in [3.05, 3.63) is 50.6 Å². The fourth-order valence-corrected chi connectivity index (χ4v) is 2.30. The molecule has 1 aromatic carbocycles. The second-order valence-corrected chi connectivity index (χ2v) is 4.55. The van der Waals surface area contributed by atoms with Gasteiger partial charge in [-0.1, -0.05) is 30.3 Å². The minimum absolute atomic E-state index is 0.132. The van der Waals surface area contributed by atoms with Gasteiger partial charge in [0.15, 0.2) is 0 Å². The molecule has 3 aromatic rings. The van der Waals surface area contributed by atoms with Crippen LogP contribution in [0.5, 0.6) is 0 Å². The van der Waals surface area contributed by atoms with Crippen LogP contribution in [0.1, 0.15) is 0 Å². The van der Waals surface area contributed by atoms with Crippen LogP contribution in [0.3, 0.4) is 0 Å². The van der Waals surface area contributed by atoms with Gasteiger partial charge in [-0.25, -0.2) is 9.97 Å². The molecule has 0 fully saturated rings. The maximum atomic E-state index is 12.0. The molecule has 0 bridgehead atoms. The number of hydrogen-bond acceptors (Lipinski definition) is 3. The van der Waals surface area contributed by atoms with Gasteiger partial charge in [0.05, 0.1) is 5.69 Å². The van der Waals surface area contributed by atoms with E-state index in [-0.39, 0.29) is 5.56 Å². The van der Waals surface area contributed by atoms with Crippen molar-refractivity contribution in [2.45, 2.75) is 0 Å². The molecule has 0 atom stereocenters. The summed E-state index contributed by atoms with van der Waals surface area (Å²) in [4.78, 5) is 20.4. The molecule has 17 heavy (non-hydrogen) atoms. The van der Waals surface area contributed by atoms with Crippen LogP contribution in [0.4, 0.5) is 0 Å². The van der Waals surface area contributed by atoms with Crippen molar-refractivity contribution in [3.63, 3.8) is 0 Å². The number of aromatic amines is 1. The number of halogens is 1. The largest absolute Gasteiger partial charge is 0.288 e. The Morgan fingerprint density at radius 1 is 1.24 bits per heavy atom. The van der Waals surface area contributed by atoms with E-state index in [1.54, 1.807) is 0 Å². The zero-order chi connectivity index (χ0) is 11.8. The summed E-state index contributed by atoms with van der Waals surface area (Å²) in [6.07, 6.45) is 1.45. The zero-order valence-corrected chi connectivity index (χ0v) is 10.7. The van der Waals surface area contributed by atoms with Crippen LogP contribution in [-0.4, -0.2) is 19.6 Å². The quantitative estimate of drug-likeness (QED) is 0.687. The van der Waals surface area contributed by atoms with Gasteiger partial charge in [0.1, 0.15) is 9.90 Å². The summed E-state index contributed by atoms with van der Waals surface area (Å²) in [5.74, 6) is 0.384. The van der Waals surface area contributed by atoms with Gasteiger partial charge in [0, 0.05) is 5.56 Å². The number of rotatable bonds is 1. The van der Waals surface area contributed by atoms with Gasteiger partial charge in [-0.15, -0.1) is 0 Å². The van der Waals surface area contributed by atoms with Crippen LogP contribution in [0.2, 0.25) is 0 Å². The first-order valence-corrected chi connectivity index (χ1v) is 6.02. The summed E-state index contributed by atoms with van der Waals surface area (Å²) in [6, 6.07) is 9.61. The molecule has 0 saturated heterocycles. The first-order valence-electron chi connectivity index (χ1n) is 4.94. The van der Waals surface area contributed by atoms with Crippen LogP contribution in [0, 0.1) is 3.57 Å². The van der Waals surface area contributed by atoms with Gasteiger partial charge in [-0.2, -0.15) is 4.52 Å². The monoisotopic (exact) mass is 338 g/mol. The van der Waals surface area contributed by atoms with E-state index in [9.17, 15) is 4.79 Å². The van der Waals surface area contributed by atoms with Crippen molar-refractivity contribution in [3.8, 4) is 11.3 Å². The third kappa shape index (κ3) is 1.64. The average Bonchev–Trinajstić information content (AvgIpc) is 2.83. The van der Waals surface area contributed by atoms with Crippen molar-refractivity contribution < 1.29 is 0 Å².